The fraction of sp³-hybridized carbons (Fsp3) is 0.235. The molecule has 46 heavy (non-hydrogen) atoms. The number of benzene rings is 3. The lowest BCUT2D eigenvalue weighted by Gasteiger charge is -2.16. The van der Waals surface area contributed by atoms with Gasteiger partial charge in [-0.1, -0.05) is 72.2 Å². The van der Waals surface area contributed by atoms with E-state index in [2.05, 4.69) is 27.2 Å². The van der Waals surface area contributed by atoms with E-state index in [1.807, 2.05) is 48.5 Å². The van der Waals surface area contributed by atoms with Crippen molar-refractivity contribution in [3.05, 3.63) is 139 Å². The van der Waals surface area contributed by atoms with E-state index in [1.165, 1.54) is 0 Å². The van der Waals surface area contributed by atoms with Crippen LogP contribution in [0.15, 0.2) is 85.4 Å². The molecule has 0 aliphatic carbocycles. The number of halogens is 2. The second-order valence-electron chi connectivity index (χ2n) is 11.0. The van der Waals surface area contributed by atoms with E-state index in [9.17, 15) is 18.4 Å². The van der Waals surface area contributed by atoms with E-state index in [1.54, 1.807) is 11.5 Å². The summed E-state index contributed by atoms with van der Waals surface area (Å²) in [5.74, 6) is -0.375. The summed E-state index contributed by atoms with van der Waals surface area (Å²) in [4.78, 5) is 37.2. The maximum absolute atomic E-state index is 14.1. The van der Waals surface area contributed by atoms with Gasteiger partial charge in [-0.05, 0) is 53.8 Å². The van der Waals surface area contributed by atoms with E-state index in [0.29, 0.717) is 35.9 Å². The first-order valence-corrected chi connectivity index (χ1v) is 14.9. The Morgan fingerprint density at radius 2 is 1.67 bits per heavy atom. The molecule has 0 aliphatic heterocycles. The Kier molecular flexibility index (Phi) is 8.77. The fourth-order valence-corrected chi connectivity index (χ4v) is 5.34. The number of aromatic amines is 1. The van der Waals surface area contributed by atoms with E-state index in [0.717, 1.165) is 53.3 Å². The largest absolute Gasteiger partial charge is 0.439 e. The lowest BCUT2D eigenvalue weighted by molar-refractivity contribution is 0.379. The van der Waals surface area contributed by atoms with Crippen LogP contribution in [0.4, 0.5) is 8.78 Å². The van der Waals surface area contributed by atoms with Crippen molar-refractivity contribution in [2.45, 2.75) is 52.5 Å². The minimum Gasteiger partial charge on any atom is -0.339 e. The number of H-pyrrole nitrogens is 1. The molecule has 3 heterocycles. The van der Waals surface area contributed by atoms with Gasteiger partial charge in [-0.25, -0.2) is 18.6 Å². The zero-order valence-corrected chi connectivity index (χ0v) is 25.2. The third kappa shape index (κ3) is 6.60. The molecule has 0 spiro atoms. The summed E-state index contributed by atoms with van der Waals surface area (Å²) in [6, 6.07) is 18.5. The van der Waals surface area contributed by atoms with Gasteiger partial charge in [-0.2, -0.15) is 4.98 Å². The van der Waals surface area contributed by atoms with Crippen LogP contribution in [0, 0.1) is 18.6 Å². The van der Waals surface area contributed by atoms with Gasteiger partial charge in [-0.15, -0.1) is 0 Å². The number of hydrogen-bond acceptors (Lipinski definition) is 8. The molecule has 3 aromatic heterocycles. The highest BCUT2D eigenvalue weighted by molar-refractivity contribution is 5.80. The van der Waals surface area contributed by atoms with Crippen LogP contribution in [0.3, 0.4) is 0 Å². The van der Waals surface area contributed by atoms with E-state index in [-0.39, 0.29) is 35.7 Å². The maximum Gasteiger partial charge on any atom is 0.439 e. The quantitative estimate of drug-likeness (QED) is 0.191. The van der Waals surface area contributed by atoms with Gasteiger partial charge in [0.15, 0.2) is 11.6 Å². The van der Waals surface area contributed by atoms with E-state index in [4.69, 9.17) is 14.0 Å². The highest BCUT2D eigenvalue weighted by Gasteiger charge is 2.19. The highest BCUT2D eigenvalue weighted by atomic mass is 19.1. The molecule has 6 aromatic rings. The Morgan fingerprint density at radius 3 is 2.41 bits per heavy atom. The van der Waals surface area contributed by atoms with Gasteiger partial charge in [-0.3, -0.25) is 18.9 Å². The predicted octanol–water partition coefficient (Wildman–Crippen LogP) is 5.80. The summed E-state index contributed by atoms with van der Waals surface area (Å²) < 4.78 is 39.5. The highest BCUT2D eigenvalue weighted by Crippen LogP contribution is 2.30. The van der Waals surface area contributed by atoms with Crippen LogP contribution in [-0.2, 0) is 25.8 Å². The molecule has 3 aromatic carbocycles. The molecule has 0 radical (unpaired) electrons. The topological polar surface area (TPSA) is 133 Å². The van der Waals surface area contributed by atoms with Crippen molar-refractivity contribution < 1.29 is 17.8 Å². The van der Waals surface area contributed by atoms with Gasteiger partial charge >= 0.3 is 5.76 Å². The number of aryl methyl sites for hydroxylation is 2. The monoisotopic (exact) mass is 624 g/mol. The van der Waals surface area contributed by atoms with Gasteiger partial charge in [0, 0.05) is 29.7 Å². The SMILES string of the molecule is CCCCc1nc(C)c(Cc2nc(Cc3cc(F)ccc3F)no2)c(=O)n1Cc1ccc(-c2ccccc2-c2noc(=O)[nH]2)cc1. The third-order valence-electron chi connectivity index (χ3n) is 7.72. The first kappa shape index (κ1) is 30.5. The summed E-state index contributed by atoms with van der Waals surface area (Å²) in [7, 11) is 0. The van der Waals surface area contributed by atoms with Crippen molar-refractivity contribution >= 4 is 0 Å². The first-order chi connectivity index (χ1) is 22.3. The lowest BCUT2D eigenvalue weighted by atomic mass is 9.98. The average Bonchev–Trinajstić information content (AvgIpc) is 3.70. The smallest absolute Gasteiger partial charge is 0.339 e. The van der Waals surface area contributed by atoms with Crippen LogP contribution in [0.2, 0.25) is 0 Å². The van der Waals surface area contributed by atoms with Crippen molar-refractivity contribution in [3.8, 4) is 22.5 Å². The molecule has 12 heteroatoms. The first-order valence-electron chi connectivity index (χ1n) is 14.9. The number of hydrogen-bond donors (Lipinski definition) is 1. The van der Waals surface area contributed by atoms with E-state index < -0.39 is 17.4 Å². The van der Waals surface area contributed by atoms with Crippen molar-refractivity contribution in [2.75, 3.05) is 0 Å². The van der Waals surface area contributed by atoms with Crippen molar-refractivity contribution in [1.29, 1.82) is 0 Å². The van der Waals surface area contributed by atoms with Gasteiger partial charge in [0.1, 0.15) is 17.5 Å². The van der Waals surface area contributed by atoms with Gasteiger partial charge in [0.25, 0.3) is 5.56 Å². The molecule has 0 atom stereocenters. The van der Waals surface area contributed by atoms with Crippen LogP contribution >= 0.6 is 0 Å². The Labute approximate surface area is 261 Å². The Hall–Kier alpha value is -5.52. The molecule has 0 aliphatic rings. The second kappa shape index (κ2) is 13.2. The molecular weight excluding hydrogens is 594 g/mol. The van der Waals surface area contributed by atoms with Crippen LogP contribution in [-0.4, -0.2) is 29.8 Å². The Balaban J connectivity index is 1.27. The number of nitrogens with one attached hydrogen (secondary N) is 1. The molecule has 0 saturated heterocycles. The summed E-state index contributed by atoms with van der Waals surface area (Å²) in [6.45, 7) is 4.16. The van der Waals surface area contributed by atoms with Crippen LogP contribution in [0.1, 0.15) is 59.7 Å². The van der Waals surface area contributed by atoms with Crippen LogP contribution in [0.25, 0.3) is 22.5 Å². The summed E-state index contributed by atoms with van der Waals surface area (Å²) in [5.41, 5.74) is 4.25. The van der Waals surface area contributed by atoms with Crippen molar-refractivity contribution in [3.63, 3.8) is 0 Å². The summed E-state index contributed by atoms with van der Waals surface area (Å²) >= 11 is 0. The van der Waals surface area contributed by atoms with Gasteiger partial charge < -0.3 is 4.52 Å². The zero-order valence-electron chi connectivity index (χ0n) is 25.2. The predicted molar refractivity (Wildman–Crippen MR) is 165 cm³/mol. The normalized spacial score (nSPS) is 11.3. The molecule has 0 bridgehead atoms. The minimum atomic E-state index is -0.630. The summed E-state index contributed by atoms with van der Waals surface area (Å²) in [5, 5.41) is 7.74. The summed E-state index contributed by atoms with van der Waals surface area (Å²) in [6.07, 6.45) is 2.44. The average molecular weight is 625 g/mol. The van der Waals surface area contributed by atoms with Crippen LogP contribution in [0.5, 0.6) is 0 Å². The third-order valence-corrected chi connectivity index (χ3v) is 7.72. The van der Waals surface area contributed by atoms with Gasteiger partial charge in [0.2, 0.25) is 5.89 Å². The van der Waals surface area contributed by atoms with Crippen molar-refractivity contribution in [2.24, 2.45) is 0 Å². The van der Waals surface area contributed by atoms with Crippen molar-refractivity contribution in [1.82, 2.24) is 29.8 Å². The molecular formula is C34H30F2N6O4. The number of rotatable bonds is 11. The number of aromatic nitrogens is 6. The molecule has 0 saturated carbocycles. The zero-order chi connectivity index (χ0) is 32.2. The molecule has 234 valence electrons. The van der Waals surface area contributed by atoms with E-state index >= 15 is 0 Å². The lowest BCUT2D eigenvalue weighted by Crippen LogP contribution is -2.30. The Morgan fingerprint density at radius 1 is 0.891 bits per heavy atom. The Bertz CT molecular complexity index is 2110. The van der Waals surface area contributed by atoms with Crippen LogP contribution < -0.4 is 11.3 Å². The molecule has 10 nitrogen and oxygen atoms in total. The number of nitrogens with zero attached hydrogens (tertiary/aromatic N) is 5. The maximum atomic E-state index is 14.1. The molecule has 0 fully saturated rings. The molecule has 0 amide bonds. The molecule has 1 N–H and O–H groups in total. The minimum absolute atomic E-state index is 0.0459. The number of unbranched alkanes of at least 4 members (excludes halogenated alkanes) is 1. The second-order valence-corrected chi connectivity index (χ2v) is 11.0. The molecule has 0 unspecified atom stereocenters. The molecule has 6 rings (SSSR count). The van der Waals surface area contributed by atoms with Gasteiger partial charge in [0.05, 0.1) is 13.0 Å². The fourth-order valence-electron chi connectivity index (χ4n) is 5.34. The standard InChI is InChI=1S/C34H30F2N6O4/c1-3-4-9-30-37-20(2)27(18-31-38-29(40-45-31)17-23-16-24(35)14-15-28(23)36)33(43)42(30)19-21-10-12-22(13-11-21)25-7-5-6-8-26(25)32-39-34(44)46-41-32/h5-8,10-16H,3-4,9,17-19H2,1-2H3,(H,39,41,44).